The largest absolute Gasteiger partial charge is 0.483 e. The molecule has 0 radical (unpaired) electrons. The third-order valence-corrected chi connectivity index (χ3v) is 7.42. The minimum absolute atomic E-state index is 0.0785. The number of likely N-dealkylation sites (tertiary alicyclic amines) is 1. The van der Waals surface area contributed by atoms with Gasteiger partial charge >= 0.3 is 0 Å². The van der Waals surface area contributed by atoms with Gasteiger partial charge in [0.2, 0.25) is 0 Å². The zero-order valence-corrected chi connectivity index (χ0v) is 19.3. The number of hydrogen-bond donors (Lipinski definition) is 4. The summed E-state index contributed by atoms with van der Waals surface area (Å²) in [6, 6.07) is 11.3. The molecule has 7 nitrogen and oxygen atoms in total. The van der Waals surface area contributed by atoms with Gasteiger partial charge in [-0.05, 0) is 44.3 Å². The smallest absolute Gasteiger partial charge is 0.290 e. The zero-order valence-electron chi connectivity index (χ0n) is 18.5. The summed E-state index contributed by atoms with van der Waals surface area (Å²) >= 11 is 1.74. The van der Waals surface area contributed by atoms with Gasteiger partial charge in [0.15, 0.2) is 5.13 Å². The van der Waals surface area contributed by atoms with Gasteiger partial charge in [0.1, 0.15) is 0 Å². The predicted octanol–water partition coefficient (Wildman–Crippen LogP) is 3.32. The molecule has 1 aromatic carbocycles. The Hall–Kier alpha value is -2.00. The maximum atomic E-state index is 9.82. The van der Waals surface area contributed by atoms with Gasteiger partial charge in [0.25, 0.3) is 6.47 Å². The van der Waals surface area contributed by atoms with E-state index in [1.54, 1.807) is 11.3 Å². The molecule has 1 saturated carbocycles. The van der Waals surface area contributed by atoms with Crippen LogP contribution in [0.4, 0.5) is 5.13 Å². The molecule has 1 atom stereocenters. The number of aliphatic hydroxyl groups excluding tert-OH is 2. The highest BCUT2D eigenvalue weighted by atomic mass is 32.1. The molecule has 1 aliphatic carbocycles. The number of nitrogens with one attached hydrogen (secondary N) is 1. The maximum absolute atomic E-state index is 9.82. The number of aliphatic hydroxyl groups is 2. The summed E-state index contributed by atoms with van der Waals surface area (Å²) in [6.45, 7) is 1.90. The Kier molecular flexibility index (Phi) is 9.47. The van der Waals surface area contributed by atoms with E-state index in [1.165, 1.54) is 43.4 Å². The van der Waals surface area contributed by atoms with Crippen LogP contribution < -0.4 is 5.32 Å². The molecular formula is C24H35N3O4S. The number of nitrogens with zero attached hydrogens (tertiary/aromatic N) is 2. The molecule has 0 bridgehead atoms. The fourth-order valence-electron chi connectivity index (χ4n) is 4.90. The van der Waals surface area contributed by atoms with Crippen molar-refractivity contribution in [2.45, 2.75) is 62.5 Å². The van der Waals surface area contributed by atoms with Gasteiger partial charge in [-0.25, -0.2) is 4.98 Å². The molecule has 1 aliphatic heterocycles. The lowest BCUT2D eigenvalue weighted by atomic mass is 9.70. The second-order valence-electron chi connectivity index (χ2n) is 8.71. The van der Waals surface area contributed by atoms with E-state index in [4.69, 9.17) is 20.0 Å². The first-order valence-electron chi connectivity index (χ1n) is 11.5. The molecule has 2 aromatic rings. The van der Waals surface area contributed by atoms with E-state index in [1.807, 2.05) is 0 Å². The summed E-state index contributed by atoms with van der Waals surface area (Å²) in [5.41, 5.74) is 2.43. The van der Waals surface area contributed by atoms with Crippen molar-refractivity contribution in [3.63, 3.8) is 0 Å². The van der Waals surface area contributed by atoms with Gasteiger partial charge in [-0.3, -0.25) is 4.79 Å². The molecule has 32 heavy (non-hydrogen) atoms. The first-order chi connectivity index (χ1) is 15.6. The number of piperidine rings is 1. The Morgan fingerprint density at radius 1 is 1.19 bits per heavy atom. The van der Waals surface area contributed by atoms with Crippen LogP contribution in [-0.4, -0.2) is 70.1 Å². The normalized spacial score (nSPS) is 20.1. The van der Waals surface area contributed by atoms with Crippen molar-refractivity contribution in [2.24, 2.45) is 0 Å². The molecule has 2 fully saturated rings. The minimum Gasteiger partial charge on any atom is -0.483 e. The molecular weight excluding hydrogens is 426 g/mol. The van der Waals surface area contributed by atoms with E-state index in [0.717, 1.165) is 31.1 Å². The highest BCUT2D eigenvalue weighted by molar-refractivity contribution is 7.13. The molecule has 0 amide bonds. The second kappa shape index (κ2) is 12.3. The highest BCUT2D eigenvalue weighted by Crippen LogP contribution is 2.42. The van der Waals surface area contributed by atoms with E-state index in [-0.39, 0.29) is 18.5 Å². The van der Waals surface area contributed by atoms with Crippen molar-refractivity contribution in [3.05, 3.63) is 47.0 Å². The van der Waals surface area contributed by atoms with Crippen LogP contribution in [-0.2, 0) is 10.2 Å². The van der Waals surface area contributed by atoms with Gasteiger partial charge in [0.05, 0.1) is 18.4 Å². The molecule has 0 spiro atoms. The molecule has 4 rings (SSSR count). The number of thiazole rings is 1. The molecule has 1 unspecified atom stereocenters. The molecule has 2 heterocycles. The van der Waals surface area contributed by atoms with Gasteiger partial charge in [-0.1, -0.05) is 49.6 Å². The van der Waals surface area contributed by atoms with E-state index < -0.39 is 6.10 Å². The Bertz CT molecular complexity index is 803. The van der Waals surface area contributed by atoms with Crippen LogP contribution in [0, 0.1) is 0 Å². The van der Waals surface area contributed by atoms with E-state index in [0.29, 0.717) is 12.6 Å². The molecule has 4 N–H and O–H groups in total. The van der Waals surface area contributed by atoms with Crippen LogP contribution in [0.2, 0.25) is 0 Å². The Morgan fingerprint density at radius 3 is 2.47 bits per heavy atom. The van der Waals surface area contributed by atoms with Crippen LogP contribution in [0.25, 0.3) is 0 Å². The third-order valence-electron chi connectivity index (χ3n) is 6.64. The van der Waals surface area contributed by atoms with Crippen molar-refractivity contribution in [1.29, 1.82) is 0 Å². The van der Waals surface area contributed by atoms with Crippen LogP contribution in [0.3, 0.4) is 0 Å². The molecule has 1 saturated heterocycles. The number of β-amino-alcohol motifs (C(OH)–C–C–N with tert-alkyl or cyclic N) is 1. The number of hydrogen-bond acceptors (Lipinski definition) is 7. The second-order valence-corrected chi connectivity index (χ2v) is 9.57. The van der Waals surface area contributed by atoms with Crippen molar-refractivity contribution in [3.8, 4) is 0 Å². The Morgan fingerprint density at radius 2 is 1.84 bits per heavy atom. The zero-order chi connectivity index (χ0) is 22.8. The highest BCUT2D eigenvalue weighted by Gasteiger charge is 2.40. The summed E-state index contributed by atoms with van der Waals surface area (Å²) in [5.74, 6) is 0. The van der Waals surface area contributed by atoms with Crippen molar-refractivity contribution in [2.75, 3.05) is 31.6 Å². The summed E-state index contributed by atoms with van der Waals surface area (Å²) in [5, 5.41) is 32.9. The van der Waals surface area contributed by atoms with Crippen molar-refractivity contribution < 1.29 is 20.1 Å². The average Bonchev–Trinajstić information content (AvgIpc) is 3.30. The molecule has 2 aliphatic rings. The number of benzene rings is 1. The van der Waals surface area contributed by atoms with Gasteiger partial charge in [-0.2, -0.15) is 0 Å². The number of rotatable bonds is 7. The van der Waals surface area contributed by atoms with E-state index in [2.05, 4.69) is 45.9 Å². The van der Waals surface area contributed by atoms with Gasteiger partial charge in [-0.15, -0.1) is 11.3 Å². The SMILES string of the molecule is O=CO.OCC(O)CN1CCC(c2ccccc2)(c2csc(NC3CCCCC3)n2)CC1. The first kappa shape index (κ1) is 24.6. The van der Waals surface area contributed by atoms with Crippen LogP contribution in [0.1, 0.15) is 56.2 Å². The summed E-state index contributed by atoms with van der Waals surface area (Å²) in [6.07, 6.45) is 7.79. The maximum Gasteiger partial charge on any atom is 0.290 e. The number of anilines is 1. The summed E-state index contributed by atoms with van der Waals surface area (Å²) in [7, 11) is 0. The van der Waals surface area contributed by atoms with E-state index in [9.17, 15) is 5.11 Å². The molecule has 8 heteroatoms. The number of carboxylic acid groups (broad SMARTS) is 1. The Balaban J connectivity index is 0.000000913. The fraction of sp³-hybridized carbons (Fsp3) is 0.583. The first-order valence-corrected chi connectivity index (χ1v) is 12.4. The van der Waals surface area contributed by atoms with Gasteiger partial charge in [0, 0.05) is 23.4 Å². The van der Waals surface area contributed by atoms with E-state index >= 15 is 0 Å². The monoisotopic (exact) mass is 461 g/mol. The fourth-order valence-corrected chi connectivity index (χ4v) is 5.79. The van der Waals surface area contributed by atoms with Crippen LogP contribution in [0.5, 0.6) is 0 Å². The lowest BCUT2D eigenvalue weighted by molar-refractivity contribution is -0.122. The predicted molar refractivity (Wildman–Crippen MR) is 127 cm³/mol. The molecule has 176 valence electrons. The van der Waals surface area contributed by atoms with Crippen molar-refractivity contribution >= 4 is 22.9 Å². The third kappa shape index (κ3) is 6.28. The summed E-state index contributed by atoms with van der Waals surface area (Å²) < 4.78 is 0. The summed E-state index contributed by atoms with van der Waals surface area (Å²) in [4.78, 5) is 15.7. The number of aromatic nitrogens is 1. The topological polar surface area (TPSA) is 106 Å². The average molecular weight is 462 g/mol. The Labute approximate surface area is 194 Å². The quantitative estimate of drug-likeness (QED) is 0.469. The lowest BCUT2D eigenvalue weighted by Gasteiger charge is -2.42. The van der Waals surface area contributed by atoms with Crippen LogP contribution >= 0.6 is 11.3 Å². The molecule has 1 aromatic heterocycles. The minimum atomic E-state index is -0.662. The van der Waals surface area contributed by atoms with Gasteiger partial charge < -0.3 is 25.5 Å². The lowest BCUT2D eigenvalue weighted by Crippen LogP contribution is -2.46. The number of carbonyl (C=O) groups is 1. The van der Waals surface area contributed by atoms with Crippen LogP contribution in [0.15, 0.2) is 35.7 Å². The standard InChI is InChI=1S/C23H33N3O2S.CH2O2/c27-16-20(28)15-26-13-11-23(12-14-26,18-7-3-1-4-8-18)21-17-29-22(25-21)24-19-9-5-2-6-10-19;2-1-3/h1,3-4,7-8,17,19-20,27-28H,2,5-6,9-16H2,(H,24,25);1H,(H,2,3). The van der Waals surface area contributed by atoms with Crippen molar-refractivity contribution in [1.82, 2.24) is 9.88 Å².